The number of methoxy groups -OCH3 is 1. The highest BCUT2D eigenvalue weighted by Gasteiger charge is 2.28. The summed E-state index contributed by atoms with van der Waals surface area (Å²) in [6, 6.07) is 19.2. The average molecular weight is 483 g/mol. The molecule has 1 heterocycles. The van der Waals surface area contributed by atoms with E-state index in [4.69, 9.17) is 9.47 Å². The van der Waals surface area contributed by atoms with Crippen molar-refractivity contribution in [3.8, 4) is 5.69 Å². The third kappa shape index (κ3) is 5.08. The normalized spacial score (nSPS) is 12.6. The Hall–Kier alpha value is -4.19. The van der Waals surface area contributed by atoms with Crippen LogP contribution in [0.3, 0.4) is 0 Å². The minimum Gasteiger partial charge on any atom is -0.465 e. The molecule has 2 unspecified atom stereocenters. The van der Waals surface area contributed by atoms with Crippen molar-refractivity contribution < 1.29 is 19.1 Å². The predicted molar refractivity (Wildman–Crippen MR) is 138 cm³/mol. The highest BCUT2D eigenvalue weighted by Crippen LogP contribution is 2.36. The van der Waals surface area contributed by atoms with E-state index in [-0.39, 0.29) is 5.97 Å². The van der Waals surface area contributed by atoms with Crippen LogP contribution < -0.4 is 0 Å². The molecule has 2 atom stereocenters. The van der Waals surface area contributed by atoms with Gasteiger partial charge in [0, 0.05) is 29.2 Å². The molecule has 0 N–H and O–H groups in total. The van der Waals surface area contributed by atoms with Crippen LogP contribution in [0.5, 0.6) is 0 Å². The molecule has 4 rings (SSSR count). The summed E-state index contributed by atoms with van der Waals surface area (Å²) in [5.74, 6) is -1.17. The van der Waals surface area contributed by atoms with Crippen LogP contribution >= 0.6 is 0 Å². The zero-order valence-corrected chi connectivity index (χ0v) is 21.2. The second-order valence-electron chi connectivity index (χ2n) is 8.98. The number of benzene rings is 3. The third-order valence-corrected chi connectivity index (χ3v) is 6.51. The van der Waals surface area contributed by atoms with E-state index in [0.717, 1.165) is 39.1 Å². The Bertz CT molecular complexity index is 1350. The first kappa shape index (κ1) is 24.9. The molecule has 36 heavy (non-hydrogen) atoms. The Morgan fingerprint density at radius 3 is 2.22 bits per heavy atom. The van der Waals surface area contributed by atoms with Gasteiger partial charge in [-0.3, -0.25) is 4.79 Å². The predicted octanol–water partition coefficient (Wildman–Crippen LogP) is 6.02. The average Bonchev–Trinajstić information content (AvgIpc) is 3.42. The van der Waals surface area contributed by atoms with Gasteiger partial charge in [-0.05, 0) is 74.2 Å². The van der Waals surface area contributed by atoms with Crippen LogP contribution in [0.25, 0.3) is 5.69 Å². The number of ether oxygens (including phenoxy) is 2. The van der Waals surface area contributed by atoms with Crippen LogP contribution in [-0.2, 0) is 14.3 Å². The Kier molecular flexibility index (Phi) is 7.34. The Balaban J connectivity index is 1.83. The Labute approximate surface area is 211 Å². The van der Waals surface area contributed by atoms with E-state index in [1.807, 2.05) is 87.0 Å². The standard InChI is InChI=1S/C30H30N2O4/c1-19-11-12-25(32-14-13-31-18-32)17-26(19)28(36-29(33)22(4)23-9-7-6-8-10-23)27-20(2)15-24(16-21(27)3)30(34)35-5/h6-18,22,28H,1-5H3. The van der Waals surface area contributed by atoms with E-state index in [9.17, 15) is 9.59 Å². The molecule has 0 amide bonds. The van der Waals surface area contributed by atoms with Gasteiger partial charge < -0.3 is 14.0 Å². The molecule has 0 saturated heterocycles. The number of imidazole rings is 1. The molecule has 0 radical (unpaired) electrons. The second kappa shape index (κ2) is 10.6. The van der Waals surface area contributed by atoms with Crippen LogP contribution in [0.1, 0.15) is 62.7 Å². The van der Waals surface area contributed by atoms with Gasteiger partial charge in [0.15, 0.2) is 6.10 Å². The molecule has 0 aliphatic carbocycles. The number of aromatic nitrogens is 2. The molecule has 3 aromatic carbocycles. The molecule has 0 aliphatic heterocycles. The first-order chi connectivity index (χ1) is 17.3. The summed E-state index contributed by atoms with van der Waals surface area (Å²) in [6.07, 6.45) is 4.65. The maximum absolute atomic E-state index is 13.5. The minimum absolute atomic E-state index is 0.325. The first-order valence-corrected chi connectivity index (χ1v) is 11.8. The van der Waals surface area contributed by atoms with Crippen LogP contribution in [0.2, 0.25) is 0 Å². The number of hydrogen-bond donors (Lipinski definition) is 0. The summed E-state index contributed by atoms with van der Waals surface area (Å²) in [5, 5.41) is 0. The van der Waals surface area contributed by atoms with Crippen molar-refractivity contribution in [3.63, 3.8) is 0 Å². The number of esters is 2. The molecule has 6 nitrogen and oxygen atoms in total. The van der Waals surface area contributed by atoms with E-state index < -0.39 is 18.0 Å². The molecule has 1 aromatic heterocycles. The first-order valence-electron chi connectivity index (χ1n) is 11.8. The second-order valence-corrected chi connectivity index (χ2v) is 8.98. The van der Waals surface area contributed by atoms with Crippen molar-refractivity contribution in [2.24, 2.45) is 0 Å². The molecule has 0 fully saturated rings. The Morgan fingerprint density at radius 1 is 0.917 bits per heavy atom. The van der Waals surface area contributed by atoms with Gasteiger partial charge in [0.05, 0.1) is 24.9 Å². The van der Waals surface area contributed by atoms with Crippen molar-refractivity contribution in [2.75, 3.05) is 7.11 Å². The van der Waals surface area contributed by atoms with Crippen molar-refractivity contribution >= 4 is 11.9 Å². The molecule has 184 valence electrons. The molecule has 4 aromatic rings. The molecule has 0 bridgehead atoms. The summed E-state index contributed by atoms with van der Waals surface area (Å²) in [5.41, 5.74) is 6.64. The number of carbonyl (C=O) groups is 2. The summed E-state index contributed by atoms with van der Waals surface area (Å²) < 4.78 is 13.1. The SMILES string of the molecule is COC(=O)c1cc(C)c(C(OC(=O)C(C)c2ccccc2)c2cc(-n3ccnc3)ccc2C)c(C)c1. The summed E-state index contributed by atoms with van der Waals surface area (Å²) in [7, 11) is 1.36. The topological polar surface area (TPSA) is 70.4 Å². The van der Waals surface area contributed by atoms with Gasteiger partial charge in [-0.15, -0.1) is 0 Å². The fourth-order valence-electron chi connectivity index (χ4n) is 4.48. The van der Waals surface area contributed by atoms with Gasteiger partial charge >= 0.3 is 11.9 Å². The van der Waals surface area contributed by atoms with Gasteiger partial charge in [-0.1, -0.05) is 36.4 Å². The van der Waals surface area contributed by atoms with E-state index in [1.54, 1.807) is 24.7 Å². The van der Waals surface area contributed by atoms with E-state index in [1.165, 1.54) is 7.11 Å². The van der Waals surface area contributed by atoms with Crippen molar-refractivity contribution in [1.29, 1.82) is 0 Å². The monoisotopic (exact) mass is 482 g/mol. The van der Waals surface area contributed by atoms with Crippen LogP contribution in [-0.4, -0.2) is 28.6 Å². The highest BCUT2D eigenvalue weighted by molar-refractivity contribution is 5.90. The van der Waals surface area contributed by atoms with E-state index >= 15 is 0 Å². The fraction of sp³-hybridized carbons (Fsp3) is 0.233. The van der Waals surface area contributed by atoms with Crippen LogP contribution in [0, 0.1) is 20.8 Å². The summed E-state index contributed by atoms with van der Waals surface area (Å²) >= 11 is 0. The zero-order chi connectivity index (χ0) is 25.8. The molecule has 6 heteroatoms. The molecule has 0 aliphatic rings. The van der Waals surface area contributed by atoms with Gasteiger partial charge in [0.1, 0.15) is 0 Å². The maximum Gasteiger partial charge on any atom is 0.337 e. The number of hydrogen-bond acceptors (Lipinski definition) is 5. The molecule has 0 saturated carbocycles. The quantitative estimate of drug-likeness (QED) is 0.301. The number of rotatable bonds is 7. The number of aryl methyl sites for hydroxylation is 3. The van der Waals surface area contributed by atoms with Crippen molar-refractivity contribution in [1.82, 2.24) is 9.55 Å². The molecular weight excluding hydrogens is 452 g/mol. The zero-order valence-electron chi connectivity index (χ0n) is 21.2. The van der Waals surface area contributed by atoms with Gasteiger partial charge in [-0.25, -0.2) is 9.78 Å². The summed E-state index contributed by atoms with van der Waals surface area (Å²) in [4.78, 5) is 29.8. The number of carbonyl (C=O) groups excluding carboxylic acids is 2. The summed E-state index contributed by atoms with van der Waals surface area (Å²) in [6.45, 7) is 7.70. The lowest BCUT2D eigenvalue weighted by atomic mass is 9.89. The van der Waals surface area contributed by atoms with Gasteiger partial charge in [-0.2, -0.15) is 0 Å². The van der Waals surface area contributed by atoms with Gasteiger partial charge in [0.25, 0.3) is 0 Å². The lowest BCUT2D eigenvalue weighted by Crippen LogP contribution is -2.20. The fourth-order valence-corrected chi connectivity index (χ4v) is 4.48. The van der Waals surface area contributed by atoms with Crippen molar-refractivity contribution in [2.45, 2.75) is 39.7 Å². The van der Waals surface area contributed by atoms with Crippen LogP contribution in [0.15, 0.2) is 79.4 Å². The smallest absolute Gasteiger partial charge is 0.337 e. The lowest BCUT2D eigenvalue weighted by Gasteiger charge is -2.26. The highest BCUT2D eigenvalue weighted by atomic mass is 16.5. The largest absolute Gasteiger partial charge is 0.465 e. The molecule has 0 spiro atoms. The van der Waals surface area contributed by atoms with Gasteiger partial charge in [0.2, 0.25) is 0 Å². The lowest BCUT2D eigenvalue weighted by molar-refractivity contribution is -0.149. The Morgan fingerprint density at radius 2 is 1.61 bits per heavy atom. The van der Waals surface area contributed by atoms with E-state index in [2.05, 4.69) is 4.98 Å². The maximum atomic E-state index is 13.5. The number of nitrogens with zero attached hydrogens (tertiary/aromatic N) is 2. The minimum atomic E-state index is -0.668. The molecular formula is C30H30N2O4. The third-order valence-electron chi connectivity index (χ3n) is 6.51. The van der Waals surface area contributed by atoms with Crippen LogP contribution in [0.4, 0.5) is 0 Å². The van der Waals surface area contributed by atoms with E-state index in [0.29, 0.717) is 5.56 Å². The van der Waals surface area contributed by atoms with Crippen molar-refractivity contribution in [3.05, 3.63) is 118 Å².